The van der Waals surface area contributed by atoms with Crippen LogP contribution in [-0.2, 0) is 4.74 Å². The second-order valence-corrected chi connectivity index (χ2v) is 6.26. The summed E-state index contributed by atoms with van der Waals surface area (Å²) in [5.74, 6) is 0.383. The van der Waals surface area contributed by atoms with Crippen molar-refractivity contribution < 1.29 is 14.5 Å². The van der Waals surface area contributed by atoms with Crippen LogP contribution in [0.3, 0.4) is 0 Å². The van der Waals surface area contributed by atoms with Crippen molar-refractivity contribution in [2.45, 2.75) is 38.0 Å². The van der Waals surface area contributed by atoms with Crippen LogP contribution in [0.2, 0.25) is 0 Å². The molecule has 2 unspecified atom stereocenters. The van der Waals surface area contributed by atoms with E-state index in [0.717, 1.165) is 36.2 Å². The number of hydrogen-bond acceptors (Lipinski definition) is 5. The van der Waals surface area contributed by atoms with E-state index in [-0.39, 0.29) is 11.7 Å². The van der Waals surface area contributed by atoms with E-state index in [4.69, 9.17) is 4.74 Å². The van der Waals surface area contributed by atoms with E-state index < -0.39 is 4.92 Å². The molecule has 1 aromatic carbocycles. The van der Waals surface area contributed by atoms with Crippen LogP contribution in [0.4, 0.5) is 5.69 Å². The number of nitro benzene ring substituents is 1. The summed E-state index contributed by atoms with van der Waals surface area (Å²) in [6.07, 6.45) is 3.22. The van der Waals surface area contributed by atoms with Gasteiger partial charge in [0.1, 0.15) is 0 Å². The summed E-state index contributed by atoms with van der Waals surface area (Å²) in [5, 5.41) is 15.3. The number of esters is 1. The maximum absolute atomic E-state index is 12.3. The Hall–Kier alpha value is -2.70. The van der Waals surface area contributed by atoms with E-state index in [9.17, 15) is 14.9 Å². The van der Waals surface area contributed by atoms with Crippen molar-refractivity contribution >= 4 is 11.7 Å². The average Bonchev–Trinajstić information content (AvgIpc) is 3.27. The van der Waals surface area contributed by atoms with E-state index in [1.807, 2.05) is 0 Å². The molecule has 0 N–H and O–H groups in total. The standard InChI is InChI=1S/C17H17N3O4/c1-2-24-17(21)15-14-10-3-4-11(9-10)16(14)19(18-15)12-5-7-13(8-6-12)20(22)23/h5-8,10-11H,2-4,9H2,1H3. The zero-order valence-corrected chi connectivity index (χ0v) is 13.3. The van der Waals surface area contributed by atoms with Crippen molar-refractivity contribution in [1.29, 1.82) is 0 Å². The number of aromatic nitrogens is 2. The molecule has 1 saturated carbocycles. The fourth-order valence-corrected chi connectivity index (χ4v) is 3.99. The van der Waals surface area contributed by atoms with Crippen molar-refractivity contribution in [3.8, 4) is 5.69 Å². The topological polar surface area (TPSA) is 87.3 Å². The van der Waals surface area contributed by atoms with Gasteiger partial charge in [0.25, 0.3) is 5.69 Å². The Morgan fingerprint density at radius 3 is 2.71 bits per heavy atom. The maximum atomic E-state index is 12.3. The molecule has 124 valence electrons. The van der Waals surface area contributed by atoms with Crippen LogP contribution >= 0.6 is 0 Å². The number of carbonyl (C=O) groups excluding carboxylic acids is 1. The van der Waals surface area contributed by atoms with Crippen LogP contribution in [0.15, 0.2) is 24.3 Å². The molecule has 2 bridgehead atoms. The average molecular weight is 327 g/mol. The highest BCUT2D eigenvalue weighted by Crippen LogP contribution is 2.54. The second-order valence-electron chi connectivity index (χ2n) is 6.26. The minimum Gasteiger partial charge on any atom is -0.461 e. The Balaban J connectivity index is 1.82. The summed E-state index contributed by atoms with van der Waals surface area (Å²) in [6.45, 7) is 2.09. The highest BCUT2D eigenvalue weighted by atomic mass is 16.6. The largest absolute Gasteiger partial charge is 0.461 e. The van der Waals surface area contributed by atoms with Gasteiger partial charge in [-0.3, -0.25) is 10.1 Å². The molecule has 0 spiro atoms. The first kappa shape index (κ1) is 14.9. The SMILES string of the molecule is CCOC(=O)c1nn(-c2ccc([N+](=O)[O-])cc2)c2c1C1CCC2C1. The van der Waals surface area contributed by atoms with E-state index in [1.165, 1.54) is 12.1 Å². The second kappa shape index (κ2) is 5.43. The highest BCUT2D eigenvalue weighted by molar-refractivity contribution is 5.90. The van der Waals surface area contributed by atoms with Gasteiger partial charge in [0.15, 0.2) is 5.69 Å². The quantitative estimate of drug-likeness (QED) is 0.488. The van der Waals surface area contributed by atoms with Crippen molar-refractivity contribution in [2.75, 3.05) is 6.61 Å². The number of rotatable bonds is 4. The molecule has 24 heavy (non-hydrogen) atoms. The molecule has 0 radical (unpaired) electrons. The van der Waals surface area contributed by atoms with Gasteiger partial charge in [-0.1, -0.05) is 0 Å². The Kier molecular flexibility index (Phi) is 3.37. The molecule has 2 atom stereocenters. The summed E-state index contributed by atoms with van der Waals surface area (Å²) in [4.78, 5) is 22.7. The Morgan fingerprint density at radius 2 is 2.04 bits per heavy atom. The number of carbonyl (C=O) groups is 1. The molecule has 7 nitrogen and oxygen atoms in total. The third kappa shape index (κ3) is 2.11. The van der Waals surface area contributed by atoms with Crippen LogP contribution in [-0.4, -0.2) is 27.3 Å². The van der Waals surface area contributed by atoms with Gasteiger partial charge >= 0.3 is 5.97 Å². The van der Waals surface area contributed by atoms with Gasteiger partial charge in [-0.25, -0.2) is 9.48 Å². The maximum Gasteiger partial charge on any atom is 0.359 e. The van der Waals surface area contributed by atoms with Gasteiger partial charge in [-0.05, 0) is 44.2 Å². The minimum atomic E-state index is -0.427. The fraction of sp³-hybridized carbons (Fsp3) is 0.412. The molecule has 2 aliphatic carbocycles. The third-order valence-corrected chi connectivity index (χ3v) is 4.96. The molecule has 0 saturated heterocycles. The lowest BCUT2D eigenvalue weighted by molar-refractivity contribution is -0.384. The number of nitrogens with zero attached hydrogens (tertiary/aromatic N) is 3. The normalized spacial score (nSPS) is 20.9. The Bertz CT molecular complexity index is 825. The summed E-state index contributed by atoms with van der Waals surface area (Å²) < 4.78 is 6.93. The smallest absolute Gasteiger partial charge is 0.359 e. The molecule has 1 heterocycles. The lowest BCUT2D eigenvalue weighted by Gasteiger charge is -2.13. The predicted molar refractivity (Wildman–Crippen MR) is 85.5 cm³/mol. The first-order valence-corrected chi connectivity index (χ1v) is 8.15. The van der Waals surface area contributed by atoms with Crippen molar-refractivity contribution in [2.24, 2.45) is 0 Å². The monoisotopic (exact) mass is 327 g/mol. The van der Waals surface area contributed by atoms with E-state index in [2.05, 4.69) is 5.10 Å². The summed E-state index contributed by atoms with van der Waals surface area (Å²) >= 11 is 0. The Morgan fingerprint density at radius 1 is 1.33 bits per heavy atom. The molecule has 2 aromatic rings. The van der Waals surface area contributed by atoms with E-state index in [1.54, 1.807) is 23.7 Å². The number of hydrogen-bond donors (Lipinski definition) is 0. The van der Waals surface area contributed by atoms with Crippen molar-refractivity contribution in [1.82, 2.24) is 9.78 Å². The Labute approximate surface area is 138 Å². The van der Waals surface area contributed by atoms with Crippen LogP contribution in [0, 0.1) is 10.1 Å². The van der Waals surface area contributed by atoms with Crippen LogP contribution in [0.5, 0.6) is 0 Å². The molecular weight excluding hydrogens is 310 g/mol. The molecule has 2 aliphatic rings. The van der Waals surface area contributed by atoms with Gasteiger partial charge in [-0.15, -0.1) is 0 Å². The van der Waals surface area contributed by atoms with Gasteiger partial charge in [0.05, 0.1) is 22.9 Å². The number of ether oxygens (including phenoxy) is 1. The molecule has 0 aliphatic heterocycles. The minimum absolute atomic E-state index is 0.0367. The zero-order chi connectivity index (χ0) is 16.8. The number of benzene rings is 1. The fourth-order valence-electron chi connectivity index (χ4n) is 3.99. The molecule has 1 fully saturated rings. The van der Waals surface area contributed by atoms with E-state index >= 15 is 0 Å². The number of nitro groups is 1. The lowest BCUT2D eigenvalue weighted by Crippen LogP contribution is -2.09. The van der Waals surface area contributed by atoms with Crippen LogP contribution in [0.1, 0.15) is 59.8 Å². The first-order valence-electron chi connectivity index (χ1n) is 8.15. The van der Waals surface area contributed by atoms with Crippen LogP contribution < -0.4 is 0 Å². The predicted octanol–water partition coefficient (Wildman–Crippen LogP) is 3.32. The highest BCUT2D eigenvalue weighted by Gasteiger charge is 2.44. The van der Waals surface area contributed by atoms with Gasteiger partial charge in [0.2, 0.25) is 0 Å². The lowest BCUT2D eigenvalue weighted by atomic mass is 9.95. The molecule has 7 heteroatoms. The number of non-ortho nitro benzene ring substituents is 1. The first-order chi connectivity index (χ1) is 11.6. The van der Waals surface area contributed by atoms with Gasteiger partial charge < -0.3 is 4.74 Å². The summed E-state index contributed by atoms with van der Waals surface area (Å²) in [6, 6.07) is 6.26. The van der Waals surface area contributed by atoms with Gasteiger partial charge in [0, 0.05) is 23.6 Å². The van der Waals surface area contributed by atoms with Crippen LogP contribution in [0.25, 0.3) is 5.69 Å². The van der Waals surface area contributed by atoms with Gasteiger partial charge in [-0.2, -0.15) is 5.10 Å². The molecular formula is C17H17N3O4. The molecule has 0 amide bonds. The summed E-state index contributed by atoms with van der Waals surface area (Å²) in [5.41, 5.74) is 3.26. The molecule has 1 aromatic heterocycles. The number of fused-ring (bicyclic) bond motifs is 5. The zero-order valence-electron chi connectivity index (χ0n) is 13.3. The van der Waals surface area contributed by atoms with Crippen molar-refractivity contribution in [3.05, 3.63) is 51.3 Å². The van der Waals surface area contributed by atoms with E-state index in [0.29, 0.717) is 24.1 Å². The van der Waals surface area contributed by atoms with Crippen molar-refractivity contribution in [3.63, 3.8) is 0 Å². The molecule has 4 rings (SSSR count). The summed E-state index contributed by atoms with van der Waals surface area (Å²) in [7, 11) is 0. The third-order valence-electron chi connectivity index (χ3n) is 4.96.